The highest BCUT2D eigenvalue weighted by molar-refractivity contribution is 5.32. The Labute approximate surface area is 111 Å². The fraction of sp³-hybridized carbons (Fsp3) is 0.385. The summed E-state index contributed by atoms with van der Waals surface area (Å²) < 4.78 is 0. The predicted octanol–water partition coefficient (Wildman–Crippen LogP) is 0.511. The molecule has 100 valence electrons. The minimum atomic E-state index is 0.277. The monoisotopic (exact) mass is 259 g/mol. The van der Waals surface area contributed by atoms with Gasteiger partial charge in [0, 0.05) is 32.6 Å². The summed E-state index contributed by atoms with van der Waals surface area (Å²) in [6, 6.07) is 7.20. The summed E-state index contributed by atoms with van der Waals surface area (Å²) in [5.74, 6) is 1.86. The van der Waals surface area contributed by atoms with Gasteiger partial charge in [-0.15, -0.1) is 5.10 Å². The average molecular weight is 259 g/mol. The van der Waals surface area contributed by atoms with E-state index in [1.54, 1.807) is 12.1 Å². The summed E-state index contributed by atoms with van der Waals surface area (Å²) in [5.41, 5.74) is 1.02. The molecule has 0 saturated carbocycles. The van der Waals surface area contributed by atoms with E-state index in [0.717, 1.165) is 43.5 Å². The molecule has 0 atom stereocenters. The second-order valence-electron chi connectivity index (χ2n) is 4.67. The van der Waals surface area contributed by atoms with Crippen molar-refractivity contribution in [3.05, 3.63) is 35.7 Å². The van der Waals surface area contributed by atoms with Gasteiger partial charge in [-0.05, 0) is 17.7 Å². The number of piperazine rings is 1. The molecule has 0 radical (unpaired) electrons. The quantitative estimate of drug-likeness (QED) is 0.748. The maximum Gasteiger partial charge on any atom is 0.244 e. The summed E-state index contributed by atoms with van der Waals surface area (Å²) in [6.45, 7) is 3.81. The third-order valence-electron chi connectivity index (χ3n) is 3.20. The second kappa shape index (κ2) is 5.27. The van der Waals surface area contributed by atoms with Crippen molar-refractivity contribution in [3.63, 3.8) is 0 Å². The van der Waals surface area contributed by atoms with E-state index in [1.807, 2.05) is 12.1 Å². The maximum absolute atomic E-state index is 9.44. The van der Waals surface area contributed by atoms with E-state index in [9.17, 15) is 5.11 Å². The molecule has 1 aromatic heterocycles. The minimum absolute atomic E-state index is 0.277. The van der Waals surface area contributed by atoms with Crippen LogP contribution in [0.2, 0.25) is 0 Å². The zero-order valence-electron chi connectivity index (χ0n) is 10.6. The molecule has 0 unspecified atom stereocenters. The van der Waals surface area contributed by atoms with Gasteiger partial charge in [0.2, 0.25) is 5.95 Å². The van der Waals surface area contributed by atoms with E-state index in [-0.39, 0.29) is 5.75 Å². The van der Waals surface area contributed by atoms with Crippen LogP contribution in [-0.4, -0.2) is 46.5 Å². The summed E-state index contributed by atoms with van der Waals surface area (Å²) in [6.07, 6.45) is 0.646. The van der Waals surface area contributed by atoms with Crippen LogP contribution in [0, 0.1) is 0 Å². The van der Waals surface area contributed by atoms with Gasteiger partial charge in [0.15, 0.2) is 0 Å². The molecule has 6 heteroatoms. The van der Waals surface area contributed by atoms with Crippen LogP contribution < -0.4 is 10.2 Å². The summed E-state index contributed by atoms with van der Waals surface area (Å²) in [4.78, 5) is 6.67. The summed E-state index contributed by atoms with van der Waals surface area (Å²) in [5, 5.41) is 20.0. The van der Waals surface area contributed by atoms with Gasteiger partial charge >= 0.3 is 0 Å². The highest BCUT2D eigenvalue weighted by Gasteiger charge is 2.14. The number of hydrogen-bond donors (Lipinski definition) is 3. The smallest absolute Gasteiger partial charge is 0.244 e. The molecular weight excluding hydrogens is 242 g/mol. The number of aromatic amines is 1. The van der Waals surface area contributed by atoms with Crippen molar-refractivity contribution < 1.29 is 5.11 Å². The number of phenols is 1. The normalized spacial score (nSPS) is 15.7. The Morgan fingerprint density at radius 3 is 2.89 bits per heavy atom. The van der Waals surface area contributed by atoms with Gasteiger partial charge in [-0.3, -0.25) is 5.10 Å². The number of phenolic OH excluding ortho intramolecular Hbond substituents is 1. The number of nitrogens with zero attached hydrogens (tertiary/aromatic N) is 3. The van der Waals surface area contributed by atoms with E-state index in [4.69, 9.17) is 0 Å². The van der Waals surface area contributed by atoms with Crippen molar-refractivity contribution in [2.75, 3.05) is 31.1 Å². The SMILES string of the molecule is Oc1cccc(Cc2nc(N3CCNCC3)n[nH]2)c1. The van der Waals surface area contributed by atoms with Gasteiger partial charge < -0.3 is 15.3 Å². The minimum Gasteiger partial charge on any atom is -0.508 e. The molecule has 3 rings (SSSR count). The van der Waals surface area contributed by atoms with Crippen molar-refractivity contribution in [1.82, 2.24) is 20.5 Å². The van der Waals surface area contributed by atoms with Gasteiger partial charge in [0.25, 0.3) is 0 Å². The first-order valence-corrected chi connectivity index (χ1v) is 6.46. The lowest BCUT2D eigenvalue weighted by atomic mass is 10.1. The molecule has 1 aliphatic rings. The molecule has 0 amide bonds. The molecular formula is C13H17N5O. The lowest BCUT2D eigenvalue weighted by molar-refractivity contribution is 0.474. The zero-order chi connectivity index (χ0) is 13.1. The Morgan fingerprint density at radius 1 is 1.26 bits per heavy atom. The van der Waals surface area contributed by atoms with Crippen molar-refractivity contribution >= 4 is 5.95 Å². The van der Waals surface area contributed by atoms with E-state index in [2.05, 4.69) is 25.4 Å². The first-order chi connectivity index (χ1) is 9.31. The van der Waals surface area contributed by atoms with Crippen LogP contribution in [0.25, 0.3) is 0 Å². The number of hydrogen-bond acceptors (Lipinski definition) is 5. The van der Waals surface area contributed by atoms with Gasteiger partial charge in [0.05, 0.1) is 0 Å². The van der Waals surface area contributed by atoms with Crippen molar-refractivity contribution in [3.8, 4) is 5.75 Å². The Balaban J connectivity index is 1.70. The van der Waals surface area contributed by atoms with Crippen molar-refractivity contribution in [1.29, 1.82) is 0 Å². The van der Waals surface area contributed by atoms with Crippen LogP contribution in [0.3, 0.4) is 0 Å². The van der Waals surface area contributed by atoms with Crippen LogP contribution in [0.15, 0.2) is 24.3 Å². The Kier molecular flexibility index (Phi) is 3.33. The molecule has 0 spiro atoms. The number of rotatable bonds is 3. The van der Waals surface area contributed by atoms with Crippen LogP contribution in [0.1, 0.15) is 11.4 Å². The van der Waals surface area contributed by atoms with Crippen LogP contribution >= 0.6 is 0 Å². The number of aromatic hydroxyl groups is 1. The lowest BCUT2D eigenvalue weighted by Crippen LogP contribution is -2.44. The van der Waals surface area contributed by atoms with Crippen molar-refractivity contribution in [2.45, 2.75) is 6.42 Å². The van der Waals surface area contributed by atoms with E-state index in [1.165, 1.54) is 0 Å². The first kappa shape index (κ1) is 12.0. The first-order valence-electron chi connectivity index (χ1n) is 6.46. The second-order valence-corrected chi connectivity index (χ2v) is 4.67. The molecule has 0 bridgehead atoms. The topological polar surface area (TPSA) is 77.1 Å². The molecule has 1 aliphatic heterocycles. The van der Waals surface area contributed by atoms with Crippen LogP contribution in [0.5, 0.6) is 5.75 Å². The van der Waals surface area contributed by atoms with Gasteiger partial charge in [-0.1, -0.05) is 12.1 Å². The van der Waals surface area contributed by atoms with Crippen LogP contribution in [-0.2, 0) is 6.42 Å². The summed E-state index contributed by atoms with van der Waals surface area (Å²) in [7, 11) is 0. The maximum atomic E-state index is 9.44. The summed E-state index contributed by atoms with van der Waals surface area (Å²) >= 11 is 0. The third kappa shape index (κ3) is 2.85. The molecule has 2 heterocycles. The van der Waals surface area contributed by atoms with E-state index in [0.29, 0.717) is 6.42 Å². The number of benzene rings is 1. The fourth-order valence-electron chi connectivity index (χ4n) is 2.23. The zero-order valence-corrected chi connectivity index (χ0v) is 10.6. The average Bonchev–Trinajstić information content (AvgIpc) is 2.88. The predicted molar refractivity (Wildman–Crippen MR) is 72.4 cm³/mol. The lowest BCUT2D eigenvalue weighted by Gasteiger charge is -2.25. The van der Waals surface area contributed by atoms with E-state index < -0.39 is 0 Å². The molecule has 3 N–H and O–H groups in total. The van der Waals surface area contributed by atoms with E-state index >= 15 is 0 Å². The molecule has 6 nitrogen and oxygen atoms in total. The van der Waals surface area contributed by atoms with Gasteiger partial charge in [-0.2, -0.15) is 4.98 Å². The molecule has 1 aromatic carbocycles. The van der Waals surface area contributed by atoms with Crippen molar-refractivity contribution in [2.24, 2.45) is 0 Å². The highest BCUT2D eigenvalue weighted by atomic mass is 16.3. The molecule has 19 heavy (non-hydrogen) atoms. The third-order valence-corrected chi connectivity index (χ3v) is 3.20. The number of anilines is 1. The van der Waals surface area contributed by atoms with Crippen LogP contribution in [0.4, 0.5) is 5.95 Å². The highest BCUT2D eigenvalue weighted by Crippen LogP contribution is 2.15. The Morgan fingerprint density at radius 2 is 2.11 bits per heavy atom. The Hall–Kier alpha value is -2.08. The number of H-pyrrole nitrogens is 1. The molecule has 0 aliphatic carbocycles. The largest absolute Gasteiger partial charge is 0.508 e. The number of nitrogens with one attached hydrogen (secondary N) is 2. The fourth-order valence-corrected chi connectivity index (χ4v) is 2.23. The molecule has 1 saturated heterocycles. The number of aromatic nitrogens is 3. The Bertz CT molecular complexity index is 547. The van der Waals surface area contributed by atoms with Gasteiger partial charge in [-0.25, -0.2) is 0 Å². The molecule has 1 fully saturated rings. The molecule has 2 aromatic rings. The van der Waals surface area contributed by atoms with Gasteiger partial charge in [0.1, 0.15) is 11.6 Å². The standard InChI is InChI=1S/C13H17N5O/c19-11-3-1-2-10(8-11)9-12-15-13(17-16-12)18-6-4-14-5-7-18/h1-3,8,14,19H,4-7,9H2,(H,15,16,17).